The molecule has 226 valence electrons. The quantitative estimate of drug-likeness (QED) is 0.246. The van der Waals surface area contributed by atoms with Gasteiger partial charge in [0.05, 0.1) is 48.8 Å². The van der Waals surface area contributed by atoms with Crippen LogP contribution in [0.15, 0.2) is 50.7 Å². The molecule has 0 unspecified atom stereocenters. The predicted octanol–water partition coefficient (Wildman–Crippen LogP) is 3.18. The standard InChI is InChI=1S/C29H38N6O6S/c1-4-7-24-26-27(33(3)32-24)29(36)31-28(30-26)23-19-22(9-10-25(23)41-15-5-2)42(37,38)35(20-21-8-6-16-40-21)12-11-34-13-17-39-18-14-34/h6,8-10,16,19H,4-5,7,11-15,17-18,20H2,1-3H3,(H,30,31,36). The lowest BCUT2D eigenvalue weighted by Crippen LogP contribution is -2.42. The maximum absolute atomic E-state index is 14.2. The second-order valence-corrected chi connectivity index (χ2v) is 12.2. The number of furan rings is 1. The van der Waals surface area contributed by atoms with Gasteiger partial charge < -0.3 is 18.9 Å². The molecule has 13 heteroatoms. The number of benzene rings is 1. The largest absolute Gasteiger partial charge is 0.493 e. The Morgan fingerprint density at radius 3 is 2.67 bits per heavy atom. The Balaban J connectivity index is 1.56. The van der Waals surface area contributed by atoms with Crippen molar-refractivity contribution in [2.45, 2.75) is 44.6 Å². The SMILES string of the molecule is CCCOc1ccc(S(=O)(=O)N(CCN2CCOCC2)Cc2ccco2)cc1-c1nc2c(CCC)nn(C)c2c(=O)[nH]1. The first-order chi connectivity index (χ1) is 20.3. The molecular weight excluding hydrogens is 560 g/mol. The summed E-state index contributed by atoms with van der Waals surface area (Å²) in [6, 6.07) is 8.20. The van der Waals surface area contributed by atoms with E-state index in [2.05, 4.69) is 15.0 Å². The van der Waals surface area contributed by atoms with E-state index in [0.29, 0.717) is 60.9 Å². The van der Waals surface area contributed by atoms with Gasteiger partial charge in [0.15, 0.2) is 5.52 Å². The molecule has 5 rings (SSSR count). The molecule has 0 bridgehead atoms. The monoisotopic (exact) mass is 598 g/mol. The summed E-state index contributed by atoms with van der Waals surface area (Å²) in [7, 11) is -2.27. The van der Waals surface area contributed by atoms with Crippen molar-refractivity contribution in [3.63, 3.8) is 0 Å². The Morgan fingerprint density at radius 2 is 1.95 bits per heavy atom. The van der Waals surface area contributed by atoms with E-state index in [1.54, 1.807) is 25.2 Å². The van der Waals surface area contributed by atoms with E-state index in [4.69, 9.17) is 18.9 Å². The van der Waals surface area contributed by atoms with Gasteiger partial charge in [0.1, 0.15) is 22.9 Å². The third kappa shape index (κ3) is 6.43. The fraction of sp³-hybridized carbons (Fsp3) is 0.483. The van der Waals surface area contributed by atoms with Crippen LogP contribution in [0.1, 0.15) is 38.1 Å². The first-order valence-electron chi connectivity index (χ1n) is 14.4. The molecule has 1 fully saturated rings. The molecule has 0 atom stereocenters. The zero-order chi connectivity index (χ0) is 29.7. The van der Waals surface area contributed by atoms with Crippen molar-refractivity contribution in [2.24, 2.45) is 7.05 Å². The molecule has 12 nitrogen and oxygen atoms in total. The van der Waals surface area contributed by atoms with Gasteiger partial charge in [-0.2, -0.15) is 9.40 Å². The summed E-state index contributed by atoms with van der Waals surface area (Å²) < 4.78 is 48.2. The number of fused-ring (bicyclic) bond motifs is 1. The molecular formula is C29H38N6O6S. The van der Waals surface area contributed by atoms with Crippen molar-refractivity contribution >= 4 is 21.1 Å². The lowest BCUT2D eigenvalue weighted by atomic mass is 10.1. The summed E-state index contributed by atoms with van der Waals surface area (Å²) >= 11 is 0. The van der Waals surface area contributed by atoms with E-state index in [1.807, 2.05) is 13.8 Å². The number of nitrogens with zero attached hydrogens (tertiary/aromatic N) is 5. The molecule has 0 spiro atoms. The number of aromatic amines is 1. The summed E-state index contributed by atoms with van der Waals surface area (Å²) in [6.07, 6.45) is 3.78. The minimum Gasteiger partial charge on any atom is -0.493 e. The van der Waals surface area contributed by atoms with Crippen LogP contribution in [0.3, 0.4) is 0 Å². The molecule has 3 aromatic heterocycles. The zero-order valence-corrected chi connectivity index (χ0v) is 25.2. The van der Waals surface area contributed by atoms with Crippen molar-refractivity contribution in [1.29, 1.82) is 0 Å². The fourth-order valence-corrected chi connectivity index (χ4v) is 6.48. The van der Waals surface area contributed by atoms with Crippen LogP contribution in [0.5, 0.6) is 5.75 Å². The molecule has 0 amide bonds. The third-order valence-corrected chi connectivity index (χ3v) is 9.08. The highest BCUT2D eigenvalue weighted by Crippen LogP contribution is 2.32. The number of aryl methyl sites for hydroxylation is 2. The minimum atomic E-state index is -3.99. The lowest BCUT2D eigenvalue weighted by molar-refractivity contribution is 0.0360. The van der Waals surface area contributed by atoms with E-state index < -0.39 is 10.0 Å². The second-order valence-electron chi connectivity index (χ2n) is 10.3. The number of morpholine rings is 1. The smallest absolute Gasteiger partial charge is 0.277 e. The maximum Gasteiger partial charge on any atom is 0.277 e. The van der Waals surface area contributed by atoms with Crippen LogP contribution < -0.4 is 10.3 Å². The van der Waals surface area contributed by atoms with E-state index in [1.165, 1.54) is 27.4 Å². The molecule has 0 aliphatic carbocycles. The van der Waals surface area contributed by atoms with Crippen LogP contribution in [0, 0.1) is 0 Å². The van der Waals surface area contributed by atoms with Gasteiger partial charge in [0.25, 0.3) is 5.56 Å². The first kappa shape index (κ1) is 30.0. The minimum absolute atomic E-state index is 0.0672. The highest BCUT2D eigenvalue weighted by Gasteiger charge is 2.28. The zero-order valence-electron chi connectivity index (χ0n) is 24.3. The Kier molecular flexibility index (Phi) is 9.41. The van der Waals surface area contributed by atoms with E-state index in [9.17, 15) is 13.2 Å². The number of rotatable bonds is 13. The summed E-state index contributed by atoms with van der Waals surface area (Å²) in [5.74, 6) is 1.21. The van der Waals surface area contributed by atoms with Gasteiger partial charge in [0.2, 0.25) is 10.0 Å². The van der Waals surface area contributed by atoms with Gasteiger partial charge in [-0.15, -0.1) is 0 Å². The number of aromatic nitrogens is 4. The number of ether oxygens (including phenoxy) is 2. The predicted molar refractivity (Wildman–Crippen MR) is 158 cm³/mol. The highest BCUT2D eigenvalue weighted by molar-refractivity contribution is 7.89. The van der Waals surface area contributed by atoms with Crippen molar-refractivity contribution in [3.05, 3.63) is 58.4 Å². The van der Waals surface area contributed by atoms with Crippen molar-refractivity contribution in [1.82, 2.24) is 29.0 Å². The van der Waals surface area contributed by atoms with Crippen LogP contribution in [0.2, 0.25) is 0 Å². The third-order valence-electron chi connectivity index (χ3n) is 7.24. The number of hydrogen-bond acceptors (Lipinski definition) is 9. The summed E-state index contributed by atoms with van der Waals surface area (Å²) in [6.45, 7) is 8.09. The first-order valence-corrected chi connectivity index (χ1v) is 15.8. The van der Waals surface area contributed by atoms with E-state index in [-0.39, 0.29) is 29.4 Å². The number of sulfonamides is 1. The Morgan fingerprint density at radius 1 is 1.14 bits per heavy atom. The Labute approximate surface area is 245 Å². The molecule has 1 aromatic carbocycles. The highest BCUT2D eigenvalue weighted by atomic mass is 32.2. The van der Waals surface area contributed by atoms with Crippen LogP contribution >= 0.6 is 0 Å². The maximum atomic E-state index is 14.2. The Bertz CT molecular complexity index is 1660. The molecule has 0 saturated carbocycles. The van der Waals surface area contributed by atoms with Gasteiger partial charge in [0, 0.05) is 33.2 Å². The average Bonchev–Trinajstić information content (AvgIpc) is 3.62. The molecule has 1 aliphatic heterocycles. The van der Waals surface area contributed by atoms with Crippen LogP contribution in [-0.4, -0.2) is 83.4 Å². The molecule has 42 heavy (non-hydrogen) atoms. The van der Waals surface area contributed by atoms with Crippen molar-refractivity contribution < 1.29 is 22.3 Å². The van der Waals surface area contributed by atoms with E-state index >= 15 is 0 Å². The summed E-state index contributed by atoms with van der Waals surface area (Å²) in [4.78, 5) is 23.1. The fourth-order valence-electron chi connectivity index (χ4n) is 5.06. The van der Waals surface area contributed by atoms with Gasteiger partial charge in [-0.1, -0.05) is 20.3 Å². The topological polar surface area (TPSA) is 136 Å². The molecule has 4 heterocycles. The molecule has 4 aromatic rings. The lowest BCUT2D eigenvalue weighted by Gasteiger charge is -2.29. The summed E-state index contributed by atoms with van der Waals surface area (Å²) in [5, 5.41) is 4.50. The van der Waals surface area contributed by atoms with Crippen molar-refractivity contribution in [2.75, 3.05) is 46.0 Å². The molecule has 1 N–H and O–H groups in total. The normalized spacial score (nSPS) is 14.7. The number of nitrogens with one attached hydrogen (secondary N) is 1. The Hall–Kier alpha value is -3.52. The number of H-pyrrole nitrogens is 1. The van der Waals surface area contributed by atoms with Gasteiger partial charge in [-0.05, 0) is 43.2 Å². The van der Waals surface area contributed by atoms with Gasteiger partial charge in [-0.25, -0.2) is 13.4 Å². The molecule has 1 saturated heterocycles. The van der Waals surface area contributed by atoms with E-state index in [0.717, 1.165) is 31.6 Å². The van der Waals surface area contributed by atoms with Crippen molar-refractivity contribution in [3.8, 4) is 17.1 Å². The average molecular weight is 599 g/mol. The van der Waals surface area contributed by atoms with Crippen LogP contribution in [0.25, 0.3) is 22.4 Å². The van der Waals surface area contributed by atoms with Gasteiger partial charge in [-0.3, -0.25) is 14.4 Å². The van der Waals surface area contributed by atoms with Crippen LogP contribution in [-0.2, 0) is 34.8 Å². The van der Waals surface area contributed by atoms with Gasteiger partial charge >= 0.3 is 0 Å². The second kappa shape index (κ2) is 13.2. The summed E-state index contributed by atoms with van der Waals surface area (Å²) in [5.41, 5.74) is 1.62. The molecule has 0 radical (unpaired) electrons. The number of hydrogen-bond donors (Lipinski definition) is 1. The van der Waals surface area contributed by atoms with Crippen LogP contribution in [0.4, 0.5) is 0 Å². The molecule has 1 aliphatic rings.